The molecule has 2 aromatic carbocycles. The van der Waals surface area contributed by atoms with Crippen molar-refractivity contribution in [3.63, 3.8) is 0 Å². The first-order valence-corrected chi connectivity index (χ1v) is 11.1. The minimum absolute atomic E-state index is 0.000799. The van der Waals surface area contributed by atoms with E-state index in [1.165, 1.54) is 10.5 Å². The van der Waals surface area contributed by atoms with Gasteiger partial charge in [-0.3, -0.25) is 9.59 Å². The highest BCUT2D eigenvalue weighted by molar-refractivity contribution is 5.89. The van der Waals surface area contributed by atoms with E-state index < -0.39 is 0 Å². The van der Waals surface area contributed by atoms with Gasteiger partial charge in [-0.25, -0.2) is 5.43 Å². The number of amides is 2. The molecule has 2 aliphatic heterocycles. The van der Waals surface area contributed by atoms with Crippen molar-refractivity contribution >= 4 is 11.8 Å². The van der Waals surface area contributed by atoms with Crippen molar-refractivity contribution in [3.8, 4) is 11.5 Å². The number of nitrogens with one attached hydrogen (secondary N) is 2. The van der Waals surface area contributed by atoms with Crippen LogP contribution in [0.15, 0.2) is 54.9 Å². The predicted molar refractivity (Wildman–Crippen MR) is 124 cm³/mol. The Morgan fingerprint density at radius 1 is 1.09 bits per heavy atom. The van der Waals surface area contributed by atoms with Crippen LogP contribution in [0.1, 0.15) is 29.2 Å². The molecule has 0 aliphatic carbocycles. The highest BCUT2D eigenvalue weighted by Crippen LogP contribution is 2.31. The second kappa shape index (κ2) is 9.95. The van der Waals surface area contributed by atoms with E-state index in [2.05, 4.69) is 41.9 Å². The molecular weight excluding hydrogens is 420 g/mol. The van der Waals surface area contributed by atoms with Gasteiger partial charge < -0.3 is 24.7 Å². The summed E-state index contributed by atoms with van der Waals surface area (Å²) in [5, 5.41) is 4.74. The maximum Gasteiger partial charge on any atom is 0.251 e. The lowest BCUT2D eigenvalue weighted by molar-refractivity contribution is -0.138. The molecule has 8 nitrogen and oxygen atoms in total. The van der Waals surface area contributed by atoms with Crippen LogP contribution in [0.3, 0.4) is 0 Å². The minimum Gasteiger partial charge on any atom is -0.493 e. The van der Waals surface area contributed by atoms with E-state index in [1.54, 1.807) is 20.4 Å². The molecule has 2 N–H and O–H groups in total. The third kappa shape index (κ3) is 5.12. The third-order valence-electron chi connectivity index (χ3n) is 6.05. The number of aryl methyl sites for hydroxylation is 1. The number of ether oxygens (including phenoxy) is 2. The summed E-state index contributed by atoms with van der Waals surface area (Å²) < 4.78 is 10.6. The van der Waals surface area contributed by atoms with Crippen molar-refractivity contribution in [2.75, 3.05) is 27.3 Å². The Kier molecular flexibility index (Phi) is 6.84. The van der Waals surface area contributed by atoms with E-state index >= 15 is 0 Å². The number of benzene rings is 2. The summed E-state index contributed by atoms with van der Waals surface area (Å²) in [4.78, 5) is 26.9. The Bertz CT molecular complexity index is 1040. The van der Waals surface area contributed by atoms with E-state index in [9.17, 15) is 9.59 Å². The molecule has 2 aromatic rings. The molecule has 2 atom stereocenters. The first-order chi connectivity index (χ1) is 16.0. The fraction of sp³-hybridized carbons (Fsp3) is 0.360. The molecule has 8 heteroatoms. The zero-order valence-corrected chi connectivity index (χ0v) is 19.2. The normalized spacial score (nSPS) is 19.4. The lowest BCUT2D eigenvalue weighted by Gasteiger charge is -2.31. The molecule has 1 fully saturated rings. The molecule has 33 heavy (non-hydrogen) atoms. The predicted octanol–water partition coefficient (Wildman–Crippen LogP) is 2.30. The fourth-order valence-electron chi connectivity index (χ4n) is 4.18. The number of hydrogen-bond donors (Lipinski definition) is 2. The van der Waals surface area contributed by atoms with Gasteiger partial charge in [-0.15, -0.1) is 0 Å². The Morgan fingerprint density at radius 2 is 1.85 bits per heavy atom. The summed E-state index contributed by atoms with van der Waals surface area (Å²) >= 11 is 0. The molecule has 4 rings (SSSR count). The van der Waals surface area contributed by atoms with Crippen LogP contribution >= 0.6 is 0 Å². The monoisotopic (exact) mass is 450 g/mol. The van der Waals surface area contributed by atoms with Crippen LogP contribution < -0.4 is 20.2 Å². The second-order valence-electron chi connectivity index (χ2n) is 8.30. The minimum atomic E-state index is -0.319. The zero-order valence-electron chi connectivity index (χ0n) is 19.2. The van der Waals surface area contributed by atoms with E-state index in [0.29, 0.717) is 30.9 Å². The first-order valence-electron chi connectivity index (χ1n) is 11.1. The van der Waals surface area contributed by atoms with Crippen LogP contribution in [0.2, 0.25) is 0 Å². The Labute approximate surface area is 194 Å². The number of carbonyl (C=O) groups is 2. The molecule has 2 amide bonds. The zero-order chi connectivity index (χ0) is 23.4. The maximum absolute atomic E-state index is 13.0. The number of nitrogens with zero attached hydrogens (tertiary/aromatic N) is 2. The molecule has 2 heterocycles. The average molecular weight is 451 g/mol. The quantitative estimate of drug-likeness (QED) is 0.642. The van der Waals surface area contributed by atoms with Gasteiger partial charge in [-0.1, -0.05) is 35.9 Å². The molecule has 0 aromatic heterocycles. The van der Waals surface area contributed by atoms with Crippen LogP contribution in [0.25, 0.3) is 0 Å². The number of rotatable bonds is 8. The average Bonchev–Trinajstić information content (AvgIpc) is 3.26. The number of fused-ring (bicyclic) bond motifs is 1. The van der Waals surface area contributed by atoms with Gasteiger partial charge in [0.15, 0.2) is 11.5 Å². The summed E-state index contributed by atoms with van der Waals surface area (Å²) in [7, 11) is 3.19. The van der Waals surface area contributed by atoms with Crippen molar-refractivity contribution in [1.82, 2.24) is 20.7 Å². The van der Waals surface area contributed by atoms with Crippen LogP contribution in [0, 0.1) is 6.92 Å². The van der Waals surface area contributed by atoms with Gasteiger partial charge in [-0.05, 0) is 43.0 Å². The lowest BCUT2D eigenvalue weighted by atomic mass is 10.00. The maximum atomic E-state index is 13.0. The summed E-state index contributed by atoms with van der Waals surface area (Å²) in [6.07, 6.45) is 4.80. The van der Waals surface area contributed by atoms with Crippen molar-refractivity contribution in [3.05, 3.63) is 71.6 Å². The highest BCUT2D eigenvalue weighted by Gasteiger charge is 2.40. The van der Waals surface area contributed by atoms with Crippen LogP contribution in [0.4, 0.5) is 0 Å². The van der Waals surface area contributed by atoms with Crippen molar-refractivity contribution in [1.29, 1.82) is 0 Å². The van der Waals surface area contributed by atoms with Crippen LogP contribution in [-0.2, 0) is 16.0 Å². The molecule has 0 radical (unpaired) electrons. The highest BCUT2D eigenvalue weighted by atomic mass is 16.5. The number of carbonyl (C=O) groups excluding carboxylic acids is 2. The molecule has 0 saturated carbocycles. The topological polar surface area (TPSA) is 83.1 Å². The molecule has 174 valence electrons. The number of hydrogen-bond acceptors (Lipinski definition) is 6. The largest absolute Gasteiger partial charge is 0.493 e. The first kappa shape index (κ1) is 22.7. The van der Waals surface area contributed by atoms with E-state index in [4.69, 9.17) is 9.47 Å². The SMILES string of the molecule is COc1ccc(CCNC(=O)CN2C=CN3NC(c4ccc(C)cc4)CC3C2=O)cc1OC. The summed E-state index contributed by atoms with van der Waals surface area (Å²) in [5.74, 6) is 1.06. The van der Waals surface area contributed by atoms with Gasteiger partial charge in [0.25, 0.3) is 5.91 Å². The van der Waals surface area contributed by atoms with Gasteiger partial charge in [0, 0.05) is 18.9 Å². The molecule has 2 aliphatic rings. The smallest absolute Gasteiger partial charge is 0.251 e. The Hall–Kier alpha value is -3.52. The van der Waals surface area contributed by atoms with Gasteiger partial charge in [0.05, 0.1) is 20.3 Å². The van der Waals surface area contributed by atoms with E-state index in [-0.39, 0.29) is 30.4 Å². The molecule has 2 unspecified atom stereocenters. The molecule has 0 spiro atoms. The van der Waals surface area contributed by atoms with Crippen molar-refractivity contribution in [2.45, 2.75) is 31.8 Å². The van der Waals surface area contributed by atoms with E-state index in [1.807, 2.05) is 29.4 Å². The molecular formula is C25H30N4O4. The summed E-state index contributed by atoms with van der Waals surface area (Å²) in [6.45, 7) is 2.52. The standard InChI is InChI=1S/C25H30N4O4/c1-17-4-7-19(8-5-17)20-15-21-25(31)28(12-13-29(21)27-20)16-24(30)26-11-10-18-6-9-22(32-2)23(14-18)33-3/h4-9,12-14,20-21,27H,10-11,15-16H2,1-3H3,(H,26,30). The third-order valence-corrected chi connectivity index (χ3v) is 6.05. The molecule has 0 bridgehead atoms. The summed E-state index contributed by atoms with van der Waals surface area (Å²) in [5.41, 5.74) is 6.76. The summed E-state index contributed by atoms with van der Waals surface area (Å²) in [6, 6.07) is 13.8. The lowest BCUT2D eigenvalue weighted by Crippen LogP contribution is -2.50. The van der Waals surface area contributed by atoms with Gasteiger partial charge in [-0.2, -0.15) is 0 Å². The van der Waals surface area contributed by atoms with Crippen molar-refractivity contribution in [2.24, 2.45) is 0 Å². The molecule has 1 saturated heterocycles. The fourth-order valence-corrected chi connectivity index (χ4v) is 4.18. The van der Waals surface area contributed by atoms with Crippen LogP contribution in [-0.4, -0.2) is 55.1 Å². The Balaban J connectivity index is 1.28. The number of hydrazine groups is 1. The van der Waals surface area contributed by atoms with Gasteiger partial charge in [0.1, 0.15) is 12.6 Å². The van der Waals surface area contributed by atoms with Crippen LogP contribution in [0.5, 0.6) is 11.5 Å². The van der Waals surface area contributed by atoms with Gasteiger partial charge >= 0.3 is 0 Å². The van der Waals surface area contributed by atoms with Gasteiger partial charge in [0.2, 0.25) is 5.91 Å². The second-order valence-corrected chi connectivity index (χ2v) is 8.30. The number of methoxy groups -OCH3 is 2. The Morgan fingerprint density at radius 3 is 2.58 bits per heavy atom. The van der Waals surface area contributed by atoms with E-state index in [0.717, 1.165) is 11.1 Å². The van der Waals surface area contributed by atoms with Crippen molar-refractivity contribution < 1.29 is 19.1 Å².